The summed E-state index contributed by atoms with van der Waals surface area (Å²) in [5.41, 5.74) is 4.80. The number of nitrogens with one attached hydrogen (secondary N) is 1. The number of anilines is 1. The first-order chi connectivity index (χ1) is 14.9. The maximum Gasteiger partial charge on any atom is 0.251 e. The van der Waals surface area contributed by atoms with Crippen molar-refractivity contribution in [2.75, 3.05) is 5.32 Å². The van der Waals surface area contributed by atoms with E-state index < -0.39 is 6.04 Å². The first kappa shape index (κ1) is 20.8. The predicted molar refractivity (Wildman–Crippen MR) is 117 cm³/mol. The number of benzene rings is 2. The summed E-state index contributed by atoms with van der Waals surface area (Å²) < 4.78 is 15.1. The zero-order valence-electron chi connectivity index (χ0n) is 17.3. The number of halogens is 1. The summed E-state index contributed by atoms with van der Waals surface area (Å²) in [5, 5.41) is 16.8. The number of tetrazole rings is 1. The molecule has 2 aromatic carbocycles. The maximum absolute atomic E-state index is 13.7. The summed E-state index contributed by atoms with van der Waals surface area (Å²) in [5.74, 6) is -0.184. The molecule has 9 heteroatoms. The molecular weight excluding hydrogens is 415 g/mol. The van der Waals surface area contributed by atoms with Gasteiger partial charge in [-0.25, -0.2) is 14.1 Å². The highest BCUT2D eigenvalue weighted by atomic mass is 32.1. The van der Waals surface area contributed by atoms with Crippen LogP contribution in [0, 0.1) is 26.6 Å². The monoisotopic (exact) mass is 436 g/mol. The topological polar surface area (TPSA) is 85.6 Å². The van der Waals surface area contributed by atoms with E-state index >= 15 is 0 Å². The van der Waals surface area contributed by atoms with Crippen LogP contribution in [0.5, 0.6) is 0 Å². The van der Waals surface area contributed by atoms with Gasteiger partial charge in [0.25, 0.3) is 5.91 Å². The fourth-order valence-electron chi connectivity index (χ4n) is 3.45. The Morgan fingerprint density at radius 1 is 1.19 bits per heavy atom. The number of aryl methyl sites for hydroxylation is 3. The number of hydrogen-bond acceptors (Lipinski definition) is 6. The van der Waals surface area contributed by atoms with Gasteiger partial charge >= 0.3 is 0 Å². The molecule has 0 bridgehead atoms. The lowest BCUT2D eigenvalue weighted by Crippen LogP contribution is -2.29. The lowest BCUT2D eigenvalue weighted by molar-refractivity contribution is -0.119. The second-order valence-corrected chi connectivity index (χ2v) is 8.22. The van der Waals surface area contributed by atoms with E-state index in [-0.39, 0.29) is 18.1 Å². The minimum atomic E-state index is -0.745. The molecule has 1 N–H and O–H groups in total. The van der Waals surface area contributed by atoms with Crippen LogP contribution in [0.15, 0.2) is 47.8 Å². The smallest absolute Gasteiger partial charge is 0.251 e. The fraction of sp³-hybridized carbons (Fsp3) is 0.227. The van der Waals surface area contributed by atoms with Crippen LogP contribution in [-0.2, 0) is 11.2 Å². The van der Waals surface area contributed by atoms with Crippen LogP contribution in [0.4, 0.5) is 9.52 Å². The van der Waals surface area contributed by atoms with Crippen molar-refractivity contribution in [1.82, 2.24) is 25.2 Å². The lowest BCUT2D eigenvalue weighted by Gasteiger charge is -2.16. The highest BCUT2D eigenvalue weighted by molar-refractivity contribution is 7.14. The van der Waals surface area contributed by atoms with Gasteiger partial charge in [0, 0.05) is 17.4 Å². The second kappa shape index (κ2) is 8.73. The minimum absolute atomic E-state index is 0.241. The molecule has 1 atom stereocenters. The van der Waals surface area contributed by atoms with E-state index in [2.05, 4.69) is 31.9 Å². The molecule has 2 aromatic heterocycles. The molecule has 0 spiro atoms. The van der Waals surface area contributed by atoms with Crippen molar-refractivity contribution >= 4 is 22.4 Å². The Labute approximate surface area is 183 Å². The van der Waals surface area contributed by atoms with Crippen LogP contribution in [0.3, 0.4) is 0 Å². The Hall–Kier alpha value is -3.46. The zero-order chi connectivity index (χ0) is 22.0. The third kappa shape index (κ3) is 4.66. The third-order valence-corrected chi connectivity index (χ3v) is 5.72. The molecule has 31 heavy (non-hydrogen) atoms. The molecule has 0 fully saturated rings. The van der Waals surface area contributed by atoms with Crippen LogP contribution < -0.4 is 5.32 Å². The molecule has 1 unspecified atom stereocenters. The molecule has 0 aliphatic heterocycles. The Balaban J connectivity index is 1.58. The number of amides is 1. The fourth-order valence-corrected chi connectivity index (χ4v) is 4.16. The molecule has 7 nitrogen and oxygen atoms in total. The van der Waals surface area contributed by atoms with E-state index in [0.717, 1.165) is 16.8 Å². The van der Waals surface area contributed by atoms with E-state index in [1.807, 2.05) is 31.4 Å². The van der Waals surface area contributed by atoms with E-state index in [1.54, 1.807) is 19.1 Å². The molecular formula is C22H21FN6OS. The number of nitrogens with zero attached hydrogens (tertiary/aromatic N) is 5. The first-order valence-electron chi connectivity index (χ1n) is 9.73. The van der Waals surface area contributed by atoms with Gasteiger partial charge in [-0.3, -0.25) is 4.79 Å². The van der Waals surface area contributed by atoms with E-state index in [4.69, 9.17) is 0 Å². The molecule has 0 saturated carbocycles. The molecule has 0 aliphatic carbocycles. The quantitative estimate of drug-likeness (QED) is 0.488. The van der Waals surface area contributed by atoms with Crippen LogP contribution in [0.2, 0.25) is 0 Å². The van der Waals surface area contributed by atoms with Gasteiger partial charge in [0.15, 0.2) is 5.13 Å². The number of carbonyl (C=O) groups is 1. The molecule has 2 heterocycles. The van der Waals surface area contributed by atoms with E-state index in [0.29, 0.717) is 16.5 Å². The van der Waals surface area contributed by atoms with Crippen LogP contribution in [0.1, 0.15) is 28.6 Å². The van der Waals surface area contributed by atoms with Crippen molar-refractivity contribution in [2.45, 2.75) is 33.2 Å². The lowest BCUT2D eigenvalue weighted by atomic mass is 10.0. The van der Waals surface area contributed by atoms with Gasteiger partial charge in [-0.2, -0.15) is 0 Å². The van der Waals surface area contributed by atoms with Crippen molar-refractivity contribution in [1.29, 1.82) is 0 Å². The minimum Gasteiger partial charge on any atom is -0.300 e. The molecule has 0 saturated heterocycles. The van der Waals surface area contributed by atoms with Gasteiger partial charge in [-0.05, 0) is 54.5 Å². The summed E-state index contributed by atoms with van der Waals surface area (Å²) in [7, 11) is 0. The SMILES string of the molecule is Cc1ccc(-c2csc(NC(=O)C(Cc3cccc(F)c3)n3nnnc3C)n2)c(C)c1. The van der Waals surface area contributed by atoms with Gasteiger partial charge in [0.2, 0.25) is 0 Å². The van der Waals surface area contributed by atoms with Gasteiger partial charge in [0.1, 0.15) is 17.7 Å². The van der Waals surface area contributed by atoms with E-state index in [1.165, 1.54) is 33.7 Å². The van der Waals surface area contributed by atoms with Gasteiger partial charge in [0.05, 0.1) is 5.69 Å². The Bertz CT molecular complexity index is 1230. The van der Waals surface area contributed by atoms with Gasteiger partial charge < -0.3 is 5.32 Å². The van der Waals surface area contributed by atoms with E-state index in [9.17, 15) is 9.18 Å². The van der Waals surface area contributed by atoms with Crippen molar-refractivity contribution in [3.63, 3.8) is 0 Å². The number of hydrogen-bond donors (Lipinski definition) is 1. The molecule has 0 aliphatic rings. The Morgan fingerprint density at radius 2 is 2.03 bits per heavy atom. The second-order valence-electron chi connectivity index (χ2n) is 7.37. The van der Waals surface area contributed by atoms with Crippen molar-refractivity contribution in [3.05, 3.63) is 76.2 Å². The van der Waals surface area contributed by atoms with Crippen LogP contribution in [-0.4, -0.2) is 31.1 Å². The molecule has 4 aromatic rings. The summed E-state index contributed by atoms with van der Waals surface area (Å²) in [6, 6.07) is 11.6. The maximum atomic E-state index is 13.7. The standard InChI is InChI=1S/C22H21FN6OS/c1-13-7-8-18(14(2)9-13)19-12-31-22(24-19)25-21(30)20(29-15(3)26-27-28-29)11-16-5-4-6-17(23)10-16/h4-10,12,20H,11H2,1-3H3,(H,24,25,30). The summed E-state index contributed by atoms with van der Waals surface area (Å²) >= 11 is 1.35. The van der Waals surface area contributed by atoms with Crippen molar-refractivity contribution in [2.24, 2.45) is 0 Å². The van der Waals surface area contributed by atoms with Crippen LogP contribution in [0.25, 0.3) is 11.3 Å². The zero-order valence-corrected chi connectivity index (χ0v) is 18.2. The molecule has 1 amide bonds. The van der Waals surface area contributed by atoms with Crippen molar-refractivity contribution < 1.29 is 9.18 Å². The highest BCUT2D eigenvalue weighted by Crippen LogP contribution is 2.28. The molecule has 158 valence electrons. The summed E-state index contributed by atoms with van der Waals surface area (Å²) in [6.07, 6.45) is 0.241. The van der Waals surface area contributed by atoms with Crippen LogP contribution >= 0.6 is 11.3 Å². The molecule has 0 radical (unpaired) electrons. The number of rotatable bonds is 6. The predicted octanol–water partition coefficient (Wildman–Crippen LogP) is 4.28. The van der Waals surface area contributed by atoms with Gasteiger partial charge in [-0.15, -0.1) is 16.4 Å². The first-order valence-corrected chi connectivity index (χ1v) is 10.6. The number of carbonyl (C=O) groups excluding carboxylic acids is 1. The van der Waals surface area contributed by atoms with Gasteiger partial charge in [-0.1, -0.05) is 35.9 Å². The largest absolute Gasteiger partial charge is 0.300 e. The normalized spacial score (nSPS) is 12.0. The highest BCUT2D eigenvalue weighted by Gasteiger charge is 2.25. The summed E-state index contributed by atoms with van der Waals surface area (Å²) in [6.45, 7) is 5.80. The van der Waals surface area contributed by atoms with Crippen molar-refractivity contribution in [3.8, 4) is 11.3 Å². The average Bonchev–Trinajstić information content (AvgIpc) is 3.35. The summed E-state index contributed by atoms with van der Waals surface area (Å²) in [4.78, 5) is 17.7. The number of thiazole rings is 1. The third-order valence-electron chi connectivity index (χ3n) is 4.97. The average molecular weight is 437 g/mol. The Morgan fingerprint density at radius 3 is 2.74 bits per heavy atom. The number of aromatic nitrogens is 5. The Kier molecular flexibility index (Phi) is 5.85. The molecule has 4 rings (SSSR count).